The van der Waals surface area contributed by atoms with E-state index in [2.05, 4.69) is 57.2 Å². The van der Waals surface area contributed by atoms with Gasteiger partial charge in [0.05, 0.1) is 6.61 Å². The highest BCUT2D eigenvalue weighted by Crippen LogP contribution is 2.16. The van der Waals surface area contributed by atoms with E-state index in [-0.39, 0.29) is 25.2 Å². The predicted octanol–water partition coefficient (Wildman–Crippen LogP) is 19.4. The first-order valence-electron chi connectivity index (χ1n) is 28.5. The van der Waals surface area contributed by atoms with Crippen LogP contribution >= 0.6 is 0 Å². The van der Waals surface area contributed by atoms with E-state index in [9.17, 15) is 9.59 Å². The molecule has 0 bridgehead atoms. The van der Waals surface area contributed by atoms with Crippen molar-refractivity contribution >= 4 is 11.9 Å². The average Bonchev–Trinajstić information content (AvgIpc) is 3.30. The van der Waals surface area contributed by atoms with Crippen LogP contribution in [0.3, 0.4) is 0 Å². The van der Waals surface area contributed by atoms with Crippen LogP contribution in [-0.2, 0) is 23.8 Å². The van der Waals surface area contributed by atoms with Crippen LogP contribution in [0.1, 0.15) is 303 Å². The standard InChI is InChI=1S/C59H110O5/c1-4-7-10-13-16-19-22-25-27-28-29-30-31-33-36-39-42-45-48-51-54-62-55-57(64-59(61)53-50-47-44-41-38-34-24-21-18-15-12-9-6-3)56-63-58(60)52-49-46-43-40-37-35-32-26-23-20-17-14-11-8-5-2/h12,15,21,24,26,32,57H,4-11,13-14,16-20,22-23,25,27-31,33-56H2,1-3H3/b15-12-,24-21-,32-26-. The Morgan fingerprint density at radius 2 is 0.688 bits per heavy atom. The number of unbranched alkanes of at least 4 members (excludes halogenated alkanes) is 36. The summed E-state index contributed by atoms with van der Waals surface area (Å²) in [7, 11) is 0. The first-order chi connectivity index (χ1) is 31.6. The van der Waals surface area contributed by atoms with Gasteiger partial charge in [0.15, 0.2) is 6.10 Å². The molecule has 0 amide bonds. The van der Waals surface area contributed by atoms with Crippen molar-refractivity contribution in [2.24, 2.45) is 0 Å². The van der Waals surface area contributed by atoms with Crippen LogP contribution in [0.4, 0.5) is 0 Å². The normalized spacial score (nSPS) is 12.4. The van der Waals surface area contributed by atoms with Crippen molar-refractivity contribution in [3.63, 3.8) is 0 Å². The summed E-state index contributed by atoms with van der Waals surface area (Å²) in [5, 5.41) is 0. The van der Waals surface area contributed by atoms with E-state index in [1.807, 2.05) is 0 Å². The van der Waals surface area contributed by atoms with Crippen LogP contribution in [0.5, 0.6) is 0 Å². The van der Waals surface area contributed by atoms with Gasteiger partial charge >= 0.3 is 11.9 Å². The van der Waals surface area contributed by atoms with E-state index >= 15 is 0 Å². The molecule has 64 heavy (non-hydrogen) atoms. The highest BCUT2D eigenvalue weighted by Gasteiger charge is 2.17. The number of allylic oxidation sites excluding steroid dienone is 6. The van der Waals surface area contributed by atoms with E-state index in [1.54, 1.807) is 0 Å². The Kier molecular flexibility index (Phi) is 53.8. The third-order valence-corrected chi connectivity index (χ3v) is 12.6. The minimum Gasteiger partial charge on any atom is -0.462 e. The van der Waals surface area contributed by atoms with E-state index in [0.717, 1.165) is 64.2 Å². The van der Waals surface area contributed by atoms with Crippen molar-refractivity contribution in [2.45, 2.75) is 309 Å². The van der Waals surface area contributed by atoms with Gasteiger partial charge < -0.3 is 14.2 Å². The Labute approximate surface area is 400 Å². The highest BCUT2D eigenvalue weighted by molar-refractivity contribution is 5.70. The molecular weight excluding hydrogens is 789 g/mol. The molecule has 0 saturated heterocycles. The number of ether oxygens (including phenoxy) is 3. The second-order valence-electron chi connectivity index (χ2n) is 19.2. The Morgan fingerprint density at radius 1 is 0.344 bits per heavy atom. The second-order valence-corrected chi connectivity index (χ2v) is 19.2. The summed E-state index contributed by atoms with van der Waals surface area (Å²) in [5.74, 6) is -0.407. The number of hydrogen-bond acceptors (Lipinski definition) is 5. The fourth-order valence-corrected chi connectivity index (χ4v) is 8.37. The number of carbonyl (C=O) groups is 2. The van der Waals surface area contributed by atoms with Crippen molar-refractivity contribution < 1.29 is 23.8 Å². The Hall–Kier alpha value is -1.88. The van der Waals surface area contributed by atoms with Crippen LogP contribution in [0.15, 0.2) is 36.5 Å². The number of carbonyl (C=O) groups excluding carboxylic acids is 2. The lowest BCUT2D eigenvalue weighted by atomic mass is 10.0. The van der Waals surface area contributed by atoms with Gasteiger partial charge in [-0.25, -0.2) is 0 Å². The number of rotatable bonds is 53. The molecule has 0 saturated carbocycles. The third-order valence-electron chi connectivity index (χ3n) is 12.6. The first-order valence-corrected chi connectivity index (χ1v) is 28.5. The molecule has 5 nitrogen and oxygen atoms in total. The fourth-order valence-electron chi connectivity index (χ4n) is 8.37. The molecule has 5 heteroatoms. The van der Waals surface area contributed by atoms with Crippen LogP contribution in [0, 0.1) is 0 Å². The Bertz CT molecular complexity index is 1020. The summed E-state index contributed by atoms with van der Waals surface area (Å²) in [6.07, 6.45) is 67.4. The molecule has 0 heterocycles. The summed E-state index contributed by atoms with van der Waals surface area (Å²) < 4.78 is 17.5. The van der Waals surface area contributed by atoms with Crippen LogP contribution < -0.4 is 0 Å². The zero-order valence-electron chi connectivity index (χ0n) is 43.3. The largest absolute Gasteiger partial charge is 0.462 e. The molecule has 376 valence electrons. The van der Waals surface area contributed by atoms with Crippen molar-refractivity contribution in [2.75, 3.05) is 19.8 Å². The molecule has 0 fully saturated rings. The molecule has 0 rings (SSSR count). The first kappa shape index (κ1) is 62.1. The lowest BCUT2D eigenvalue weighted by Crippen LogP contribution is -2.30. The van der Waals surface area contributed by atoms with Gasteiger partial charge in [-0.15, -0.1) is 0 Å². The lowest BCUT2D eigenvalue weighted by Gasteiger charge is -2.18. The van der Waals surface area contributed by atoms with Gasteiger partial charge in [0.1, 0.15) is 6.61 Å². The highest BCUT2D eigenvalue weighted by atomic mass is 16.6. The van der Waals surface area contributed by atoms with Crippen molar-refractivity contribution in [3.05, 3.63) is 36.5 Å². The SMILES string of the molecule is CCC/C=C\C/C=C\CCCCCCCC(=O)OC(COCCCCCCCCCCCCCCCCCCCCCC)COC(=O)CCCCCCC/C=C\CCCCCCCC. The molecule has 0 aliphatic heterocycles. The molecule has 0 aliphatic rings. The monoisotopic (exact) mass is 899 g/mol. The maximum absolute atomic E-state index is 12.8. The van der Waals surface area contributed by atoms with Crippen LogP contribution in [-0.4, -0.2) is 37.9 Å². The molecule has 0 aromatic carbocycles. The summed E-state index contributed by atoms with van der Waals surface area (Å²) in [4.78, 5) is 25.4. The second kappa shape index (κ2) is 55.4. The molecule has 1 atom stereocenters. The van der Waals surface area contributed by atoms with E-state index < -0.39 is 6.10 Å². The van der Waals surface area contributed by atoms with Gasteiger partial charge in [-0.05, 0) is 70.6 Å². The molecule has 0 aromatic heterocycles. The average molecular weight is 900 g/mol. The van der Waals surface area contributed by atoms with Crippen molar-refractivity contribution in [1.82, 2.24) is 0 Å². The van der Waals surface area contributed by atoms with Gasteiger partial charge in [0, 0.05) is 19.4 Å². The van der Waals surface area contributed by atoms with Gasteiger partial charge in [-0.2, -0.15) is 0 Å². The summed E-state index contributed by atoms with van der Waals surface area (Å²) in [5.41, 5.74) is 0. The van der Waals surface area contributed by atoms with E-state index in [0.29, 0.717) is 19.4 Å². The molecule has 0 N–H and O–H groups in total. The molecule has 0 aliphatic carbocycles. The summed E-state index contributed by atoms with van der Waals surface area (Å²) in [6, 6.07) is 0. The van der Waals surface area contributed by atoms with E-state index in [1.165, 1.54) is 205 Å². The predicted molar refractivity (Wildman–Crippen MR) is 279 cm³/mol. The Morgan fingerprint density at radius 3 is 1.11 bits per heavy atom. The topological polar surface area (TPSA) is 61.8 Å². The number of esters is 2. The third kappa shape index (κ3) is 52.7. The maximum Gasteiger partial charge on any atom is 0.306 e. The smallest absolute Gasteiger partial charge is 0.306 e. The molecule has 0 radical (unpaired) electrons. The van der Waals surface area contributed by atoms with Crippen LogP contribution in [0.2, 0.25) is 0 Å². The van der Waals surface area contributed by atoms with Gasteiger partial charge in [0.25, 0.3) is 0 Å². The quantitative estimate of drug-likeness (QED) is 0.0346. The number of hydrogen-bond donors (Lipinski definition) is 0. The molecular formula is C59H110O5. The maximum atomic E-state index is 12.8. The molecule has 0 aromatic rings. The lowest BCUT2D eigenvalue weighted by molar-refractivity contribution is -0.163. The zero-order chi connectivity index (χ0) is 46.3. The zero-order valence-corrected chi connectivity index (χ0v) is 43.3. The van der Waals surface area contributed by atoms with Gasteiger partial charge in [-0.1, -0.05) is 256 Å². The van der Waals surface area contributed by atoms with Gasteiger partial charge in [0.2, 0.25) is 0 Å². The van der Waals surface area contributed by atoms with Crippen molar-refractivity contribution in [1.29, 1.82) is 0 Å². The minimum atomic E-state index is -0.542. The van der Waals surface area contributed by atoms with E-state index in [4.69, 9.17) is 14.2 Å². The Balaban J connectivity index is 4.21. The summed E-state index contributed by atoms with van der Waals surface area (Å²) in [6.45, 7) is 7.79. The fraction of sp³-hybridized carbons (Fsp3) is 0.864. The minimum absolute atomic E-state index is 0.0802. The molecule has 1 unspecified atom stereocenters. The van der Waals surface area contributed by atoms with Crippen LogP contribution in [0.25, 0.3) is 0 Å². The molecule has 0 spiro atoms. The van der Waals surface area contributed by atoms with Crippen molar-refractivity contribution in [3.8, 4) is 0 Å². The summed E-state index contributed by atoms with van der Waals surface area (Å²) >= 11 is 0. The van der Waals surface area contributed by atoms with Gasteiger partial charge in [-0.3, -0.25) is 9.59 Å².